The minimum absolute atomic E-state index is 0.0313. The first-order valence-corrected chi connectivity index (χ1v) is 11.5. The first-order valence-electron chi connectivity index (χ1n) is 9.59. The van der Waals surface area contributed by atoms with E-state index in [-0.39, 0.29) is 53.1 Å². The van der Waals surface area contributed by atoms with Crippen molar-refractivity contribution in [1.82, 2.24) is 10.0 Å². The minimum atomic E-state index is -1.02. The Kier molecular flexibility index (Phi) is 6.95. The van der Waals surface area contributed by atoms with Gasteiger partial charge in [-0.05, 0) is 12.1 Å². The Morgan fingerprint density at radius 2 is 1.34 bits per heavy atom. The summed E-state index contributed by atoms with van der Waals surface area (Å²) in [4.78, 5) is 51.3. The highest BCUT2D eigenvalue weighted by Crippen LogP contribution is 2.45. The second-order valence-corrected chi connectivity index (χ2v) is 9.08. The van der Waals surface area contributed by atoms with E-state index in [1.54, 1.807) is 6.07 Å². The maximum Gasteiger partial charge on any atom is 0.282 e. The van der Waals surface area contributed by atoms with Crippen molar-refractivity contribution in [2.24, 2.45) is 0 Å². The molecule has 178 valence electrons. The van der Waals surface area contributed by atoms with Gasteiger partial charge in [-0.3, -0.25) is 24.5 Å². The molecule has 0 saturated heterocycles. The van der Waals surface area contributed by atoms with Gasteiger partial charge in [0.05, 0.1) is 58.8 Å². The van der Waals surface area contributed by atoms with Crippen LogP contribution < -0.4 is 0 Å². The number of hydrogen-bond acceptors (Lipinski definition) is 5. The highest BCUT2D eigenvalue weighted by atomic mass is 35.5. The van der Waals surface area contributed by atoms with Crippen molar-refractivity contribution in [3.63, 3.8) is 0 Å². The number of nitro benzene ring substituents is 1. The van der Waals surface area contributed by atoms with Gasteiger partial charge in [-0.15, -0.1) is 0 Å². The Labute approximate surface area is 222 Å². The van der Waals surface area contributed by atoms with Crippen molar-refractivity contribution in [3.8, 4) is 0 Å². The molecule has 0 aromatic heterocycles. The smallest absolute Gasteiger partial charge is 0.267 e. The molecular weight excluding hydrogens is 564 g/mol. The molecule has 1 heterocycles. The quantitative estimate of drug-likeness (QED) is 0.111. The molecule has 3 aromatic carbocycles. The van der Waals surface area contributed by atoms with Crippen LogP contribution in [0.25, 0.3) is 0 Å². The largest absolute Gasteiger partial charge is 0.282 e. The Morgan fingerprint density at radius 3 is 1.89 bits per heavy atom. The Balaban J connectivity index is 1.90. The van der Waals surface area contributed by atoms with Crippen molar-refractivity contribution in [2.45, 2.75) is 6.54 Å². The second kappa shape index (κ2) is 9.64. The number of halogens is 5. The van der Waals surface area contributed by atoms with Gasteiger partial charge in [-0.1, -0.05) is 88.3 Å². The zero-order valence-corrected chi connectivity index (χ0v) is 20.9. The molecule has 1 aliphatic rings. The number of para-hydroxylation sites is 1. The van der Waals surface area contributed by atoms with E-state index in [0.29, 0.717) is 5.01 Å². The topological polar surface area (TPSA) is 101 Å². The van der Waals surface area contributed by atoms with Crippen LogP contribution in [0.1, 0.15) is 36.6 Å². The van der Waals surface area contributed by atoms with Gasteiger partial charge in [-0.2, -0.15) is 5.01 Å². The van der Waals surface area contributed by atoms with Crippen LogP contribution in [0.15, 0.2) is 48.5 Å². The first kappa shape index (κ1) is 25.2. The summed E-state index contributed by atoms with van der Waals surface area (Å²) in [6.45, 7) is -0.538. The zero-order valence-electron chi connectivity index (χ0n) is 17.1. The molecule has 0 aliphatic carbocycles. The van der Waals surface area contributed by atoms with Crippen molar-refractivity contribution in [3.05, 3.63) is 106 Å². The zero-order chi connectivity index (χ0) is 25.6. The average Bonchev–Trinajstić information content (AvgIpc) is 3.09. The number of nitro groups is 1. The summed E-state index contributed by atoms with van der Waals surface area (Å²) in [7, 11) is 0. The minimum Gasteiger partial charge on any atom is -0.267 e. The molecule has 35 heavy (non-hydrogen) atoms. The van der Waals surface area contributed by atoms with Gasteiger partial charge in [0.1, 0.15) is 0 Å². The molecule has 1 aliphatic heterocycles. The number of fused-ring (bicyclic) bond motifs is 1. The molecule has 0 bridgehead atoms. The normalized spacial score (nSPS) is 12.7. The summed E-state index contributed by atoms with van der Waals surface area (Å²) in [5.74, 6) is -2.92. The third kappa shape index (κ3) is 4.22. The summed E-state index contributed by atoms with van der Waals surface area (Å²) >= 11 is 30.7. The summed E-state index contributed by atoms with van der Waals surface area (Å²) in [5.41, 5.74) is -1.05. The lowest BCUT2D eigenvalue weighted by atomic mass is 10.1. The van der Waals surface area contributed by atoms with E-state index in [1.807, 2.05) is 0 Å². The van der Waals surface area contributed by atoms with Crippen molar-refractivity contribution >= 4 is 81.4 Å². The van der Waals surface area contributed by atoms with Crippen LogP contribution in [0.4, 0.5) is 5.69 Å². The van der Waals surface area contributed by atoms with Gasteiger partial charge >= 0.3 is 0 Å². The number of imide groups is 1. The van der Waals surface area contributed by atoms with Crippen LogP contribution >= 0.6 is 58.0 Å². The molecular formula is C22H10Cl5N3O5. The van der Waals surface area contributed by atoms with E-state index in [0.717, 1.165) is 5.01 Å². The van der Waals surface area contributed by atoms with E-state index >= 15 is 0 Å². The summed E-state index contributed by atoms with van der Waals surface area (Å²) in [6.07, 6.45) is 0. The molecule has 3 amide bonds. The molecule has 0 fully saturated rings. The number of hydrogen-bond donors (Lipinski definition) is 0. The molecule has 13 heteroatoms. The SMILES string of the molecule is O=C(c1ccccc1Cl)N(Cc1ccccc1[N+](=O)[O-])N1C(=O)c2c(Cl)c(Cl)c(Cl)c(Cl)c2C1=O. The molecule has 0 atom stereocenters. The molecule has 0 spiro atoms. The Bertz CT molecular complexity index is 1400. The van der Waals surface area contributed by atoms with Gasteiger partial charge < -0.3 is 0 Å². The van der Waals surface area contributed by atoms with E-state index in [1.165, 1.54) is 42.5 Å². The lowest BCUT2D eigenvalue weighted by Gasteiger charge is -2.30. The number of hydrazine groups is 1. The molecule has 0 N–H and O–H groups in total. The molecule has 0 saturated carbocycles. The summed E-state index contributed by atoms with van der Waals surface area (Å²) < 4.78 is 0. The van der Waals surface area contributed by atoms with Crippen molar-refractivity contribution in [1.29, 1.82) is 0 Å². The Morgan fingerprint density at radius 1 is 0.829 bits per heavy atom. The first-order chi connectivity index (χ1) is 16.6. The van der Waals surface area contributed by atoms with Gasteiger partial charge in [0.15, 0.2) is 0 Å². The van der Waals surface area contributed by atoms with Crippen LogP contribution in [-0.4, -0.2) is 32.7 Å². The fraction of sp³-hybridized carbons (Fsp3) is 0.0455. The number of rotatable bonds is 5. The van der Waals surface area contributed by atoms with Gasteiger partial charge in [0.2, 0.25) is 0 Å². The van der Waals surface area contributed by atoms with E-state index in [2.05, 4.69) is 0 Å². The molecule has 0 unspecified atom stereocenters. The van der Waals surface area contributed by atoms with Crippen LogP contribution in [0.2, 0.25) is 25.1 Å². The van der Waals surface area contributed by atoms with Crippen molar-refractivity contribution < 1.29 is 19.3 Å². The molecule has 3 aromatic rings. The molecule has 0 radical (unpaired) electrons. The summed E-state index contributed by atoms with van der Waals surface area (Å²) in [6, 6.07) is 11.5. The highest BCUT2D eigenvalue weighted by Gasteiger charge is 2.46. The predicted molar refractivity (Wildman–Crippen MR) is 131 cm³/mol. The van der Waals surface area contributed by atoms with Crippen LogP contribution in [0.3, 0.4) is 0 Å². The molecule has 4 rings (SSSR count). The van der Waals surface area contributed by atoms with E-state index in [4.69, 9.17) is 58.0 Å². The number of carbonyl (C=O) groups excluding carboxylic acids is 3. The number of benzene rings is 3. The third-order valence-electron chi connectivity index (χ3n) is 5.17. The van der Waals surface area contributed by atoms with Gasteiger partial charge in [0, 0.05) is 6.07 Å². The lowest BCUT2D eigenvalue weighted by Crippen LogP contribution is -2.49. The average molecular weight is 574 g/mol. The predicted octanol–water partition coefficient (Wildman–Crippen LogP) is 6.72. The summed E-state index contributed by atoms with van der Waals surface area (Å²) in [5, 5.41) is 11.7. The molecule has 8 nitrogen and oxygen atoms in total. The second-order valence-electron chi connectivity index (χ2n) is 7.16. The monoisotopic (exact) mass is 571 g/mol. The van der Waals surface area contributed by atoms with Crippen LogP contribution in [0.5, 0.6) is 0 Å². The Hall–Kier alpha value is -2.88. The number of amides is 3. The van der Waals surface area contributed by atoms with Crippen molar-refractivity contribution in [2.75, 3.05) is 0 Å². The standard InChI is InChI=1S/C22H10Cl5N3O5/c23-12-7-3-2-6-11(12)20(31)28(9-10-5-1-4-8-13(10)30(34)35)29-21(32)14-15(22(29)33)17(25)19(27)18(26)16(14)24/h1-8H,9H2. The number of nitrogens with zero attached hydrogens (tertiary/aromatic N) is 3. The fourth-order valence-electron chi connectivity index (χ4n) is 3.55. The van der Waals surface area contributed by atoms with Gasteiger partial charge in [-0.25, -0.2) is 5.01 Å². The van der Waals surface area contributed by atoms with Gasteiger partial charge in [0.25, 0.3) is 23.4 Å². The number of carbonyl (C=O) groups is 3. The van der Waals surface area contributed by atoms with Crippen LogP contribution in [0, 0.1) is 10.1 Å². The van der Waals surface area contributed by atoms with Crippen LogP contribution in [-0.2, 0) is 6.54 Å². The maximum absolute atomic E-state index is 13.6. The van der Waals surface area contributed by atoms with E-state index < -0.39 is 29.2 Å². The van der Waals surface area contributed by atoms with E-state index in [9.17, 15) is 24.5 Å². The fourth-order valence-corrected chi connectivity index (χ4v) is 4.78. The third-order valence-corrected chi connectivity index (χ3v) is 7.30. The lowest BCUT2D eigenvalue weighted by molar-refractivity contribution is -0.385. The maximum atomic E-state index is 13.6. The highest BCUT2D eigenvalue weighted by molar-refractivity contribution is 6.55.